The fraction of sp³-hybridized carbons (Fsp3) is 0.714. The lowest BCUT2D eigenvalue weighted by atomic mass is 10.3. The summed E-state index contributed by atoms with van der Waals surface area (Å²) in [6.45, 7) is -1.17. The number of rotatable bonds is 3. The molecule has 0 unspecified atom stereocenters. The van der Waals surface area contributed by atoms with E-state index in [1.807, 2.05) is 0 Å². The Hall–Kier alpha value is -0.910. The summed E-state index contributed by atoms with van der Waals surface area (Å²) in [5, 5.41) is 0.577. The van der Waals surface area contributed by atoms with Crippen LogP contribution in [0.2, 0.25) is 0 Å². The van der Waals surface area contributed by atoms with E-state index < -0.39 is 12.7 Å². The van der Waals surface area contributed by atoms with Gasteiger partial charge in [0.2, 0.25) is 0 Å². The molecule has 1 aliphatic carbocycles. The smallest absolute Gasteiger partial charge is 0.401 e. The molecule has 0 aliphatic heterocycles. The van der Waals surface area contributed by atoms with Gasteiger partial charge in [0.05, 0.1) is 0 Å². The number of allylic oxidation sites excluding steroid dienone is 1. The normalized spacial score (nSPS) is 18.9. The third kappa shape index (κ3) is 4.02. The van der Waals surface area contributed by atoms with Gasteiger partial charge in [-0.3, -0.25) is 0 Å². The van der Waals surface area contributed by atoms with Crippen LogP contribution in [0, 0.1) is 5.92 Å². The van der Waals surface area contributed by atoms with Crippen molar-refractivity contribution in [3.05, 3.63) is 11.9 Å². The molecule has 4 N–H and O–H groups in total. The second-order valence-corrected chi connectivity index (χ2v) is 3.19. The Bertz CT molecular complexity index is 208. The van der Waals surface area contributed by atoms with Gasteiger partial charge in [0, 0.05) is 17.8 Å². The van der Waals surface area contributed by atoms with Gasteiger partial charge in [-0.25, -0.2) is 5.84 Å². The Morgan fingerprint density at radius 3 is 2.38 bits per heavy atom. The molecule has 0 aromatic rings. The lowest BCUT2D eigenvalue weighted by molar-refractivity contribution is -0.140. The Kier molecular flexibility index (Phi) is 2.70. The predicted octanol–water partition coefficient (Wildman–Crippen LogP) is 0.934. The molecule has 0 aromatic heterocycles. The molecular weight excluding hydrogens is 183 g/mol. The highest BCUT2D eigenvalue weighted by Gasteiger charge is 2.30. The van der Waals surface area contributed by atoms with E-state index in [-0.39, 0.29) is 5.92 Å². The topological polar surface area (TPSA) is 55.3 Å². The largest absolute Gasteiger partial charge is 0.407 e. The number of hydrazine groups is 1. The van der Waals surface area contributed by atoms with E-state index in [1.165, 1.54) is 0 Å². The third-order valence-corrected chi connectivity index (χ3v) is 1.73. The molecule has 13 heavy (non-hydrogen) atoms. The van der Waals surface area contributed by atoms with E-state index in [1.54, 1.807) is 0 Å². The highest BCUT2D eigenvalue weighted by molar-refractivity contribution is 5.07. The standard InChI is InChI=1S/C7H12F3N3/c8-7(9,10)4-13(12)3-6(11)5-1-2-5/h3,5H,1-2,4,11-12H2/b6-3-. The van der Waals surface area contributed by atoms with Crippen LogP contribution < -0.4 is 11.6 Å². The highest BCUT2D eigenvalue weighted by atomic mass is 19.4. The summed E-state index contributed by atoms with van der Waals surface area (Å²) in [4.78, 5) is 0. The van der Waals surface area contributed by atoms with Crippen molar-refractivity contribution in [2.75, 3.05) is 6.54 Å². The molecule has 0 spiro atoms. The van der Waals surface area contributed by atoms with E-state index in [0.717, 1.165) is 19.0 Å². The van der Waals surface area contributed by atoms with Crippen LogP contribution in [0.25, 0.3) is 0 Å². The van der Waals surface area contributed by atoms with E-state index >= 15 is 0 Å². The van der Waals surface area contributed by atoms with E-state index in [9.17, 15) is 13.2 Å². The first-order chi connectivity index (χ1) is 5.88. The minimum absolute atomic E-state index is 0.235. The summed E-state index contributed by atoms with van der Waals surface area (Å²) in [5.74, 6) is 5.32. The maximum Gasteiger partial charge on any atom is 0.407 e. The molecule has 0 bridgehead atoms. The van der Waals surface area contributed by atoms with Crippen molar-refractivity contribution in [3.63, 3.8) is 0 Å². The van der Waals surface area contributed by atoms with E-state index in [4.69, 9.17) is 11.6 Å². The third-order valence-electron chi connectivity index (χ3n) is 1.73. The number of hydrogen-bond acceptors (Lipinski definition) is 3. The molecule has 0 atom stereocenters. The fourth-order valence-corrected chi connectivity index (χ4v) is 0.966. The Morgan fingerprint density at radius 2 is 2.00 bits per heavy atom. The quantitative estimate of drug-likeness (QED) is 0.520. The second-order valence-electron chi connectivity index (χ2n) is 3.19. The molecule has 0 heterocycles. The van der Waals surface area contributed by atoms with Crippen LogP contribution in [0.4, 0.5) is 13.2 Å². The summed E-state index contributed by atoms with van der Waals surface area (Å²) in [5.41, 5.74) is 5.91. The maximum atomic E-state index is 11.8. The lowest BCUT2D eigenvalue weighted by Gasteiger charge is -2.16. The number of nitrogens with zero attached hydrogens (tertiary/aromatic N) is 1. The van der Waals surface area contributed by atoms with Crippen LogP contribution in [0.5, 0.6) is 0 Å². The highest BCUT2D eigenvalue weighted by Crippen LogP contribution is 2.33. The zero-order chi connectivity index (χ0) is 10.1. The van der Waals surface area contributed by atoms with Crippen LogP contribution >= 0.6 is 0 Å². The molecule has 1 rings (SSSR count). The summed E-state index contributed by atoms with van der Waals surface area (Å²) in [6, 6.07) is 0. The monoisotopic (exact) mass is 195 g/mol. The molecule has 0 aromatic carbocycles. The second kappa shape index (κ2) is 3.45. The molecule has 0 saturated heterocycles. The lowest BCUT2D eigenvalue weighted by Crippen LogP contribution is -2.36. The molecule has 6 heteroatoms. The van der Waals surface area contributed by atoms with Crippen molar-refractivity contribution in [1.29, 1.82) is 0 Å². The average Bonchev–Trinajstić information content (AvgIpc) is 2.60. The van der Waals surface area contributed by atoms with Crippen LogP contribution in [0.1, 0.15) is 12.8 Å². The first-order valence-electron chi connectivity index (χ1n) is 3.94. The molecule has 76 valence electrons. The van der Waals surface area contributed by atoms with Gasteiger partial charge in [-0.2, -0.15) is 13.2 Å². The van der Waals surface area contributed by atoms with Gasteiger partial charge in [0.1, 0.15) is 6.54 Å². The molecule has 1 saturated carbocycles. The number of alkyl halides is 3. The van der Waals surface area contributed by atoms with E-state index in [2.05, 4.69) is 0 Å². The minimum Gasteiger partial charge on any atom is -0.401 e. The van der Waals surface area contributed by atoms with Gasteiger partial charge in [-0.15, -0.1) is 0 Å². The zero-order valence-corrected chi connectivity index (χ0v) is 7.01. The van der Waals surface area contributed by atoms with E-state index in [0.29, 0.717) is 10.7 Å². The van der Waals surface area contributed by atoms with Gasteiger partial charge < -0.3 is 10.7 Å². The minimum atomic E-state index is -4.28. The van der Waals surface area contributed by atoms with Crippen molar-refractivity contribution in [2.45, 2.75) is 19.0 Å². The van der Waals surface area contributed by atoms with Crippen molar-refractivity contribution >= 4 is 0 Å². The molecule has 1 fully saturated rings. The Morgan fingerprint density at radius 1 is 1.46 bits per heavy atom. The van der Waals surface area contributed by atoms with Crippen LogP contribution in [-0.4, -0.2) is 17.7 Å². The van der Waals surface area contributed by atoms with Gasteiger partial charge in [-0.05, 0) is 12.8 Å². The summed E-state index contributed by atoms with van der Waals surface area (Å²) in [7, 11) is 0. The first-order valence-corrected chi connectivity index (χ1v) is 3.94. The van der Waals surface area contributed by atoms with Gasteiger partial charge in [0.25, 0.3) is 0 Å². The Balaban J connectivity index is 2.39. The Labute approximate surface area is 74.1 Å². The maximum absolute atomic E-state index is 11.8. The predicted molar refractivity (Wildman–Crippen MR) is 41.9 cm³/mol. The van der Waals surface area contributed by atoms with Crippen LogP contribution in [0.15, 0.2) is 11.9 Å². The van der Waals surface area contributed by atoms with Crippen molar-refractivity contribution in [1.82, 2.24) is 5.01 Å². The molecule has 3 nitrogen and oxygen atoms in total. The van der Waals surface area contributed by atoms with Gasteiger partial charge in [0.15, 0.2) is 0 Å². The van der Waals surface area contributed by atoms with Crippen LogP contribution in [0.3, 0.4) is 0 Å². The molecular formula is C7H12F3N3. The fourth-order valence-electron chi connectivity index (χ4n) is 0.966. The number of halogens is 3. The first kappa shape index (κ1) is 10.2. The van der Waals surface area contributed by atoms with Gasteiger partial charge in [-0.1, -0.05) is 0 Å². The zero-order valence-electron chi connectivity index (χ0n) is 7.01. The van der Waals surface area contributed by atoms with Crippen molar-refractivity contribution < 1.29 is 13.2 Å². The van der Waals surface area contributed by atoms with Crippen molar-refractivity contribution in [3.8, 4) is 0 Å². The molecule has 1 aliphatic rings. The number of hydrogen-bond donors (Lipinski definition) is 2. The average molecular weight is 195 g/mol. The number of nitrogens with two attached hydrogens (primary N) is 2. The van der Waals surface area contributed by atoms with Gasteiger partial charge >= 0.3 is 6.18 Å². The summed E-state index contributed by atoms with van der Waals surface area (Å²) < 4.78 is 35.3. The van der Waals surface area contributed by atoms with Crippen molar-refractivity contribution in [2.24, 2.45) is 17.5 Å². The SMILES string of the molecule is N/C(=C\N(N)CC(F)(F)F)C1CC1. The molecule has 0 amide bonds. The summed E-state index contributed by atoms with van der Waals surface area (Å²) in [6.07, 6.45) is -1.23. The van der Waals surface area contributed by atoms with Crippen LogP contribution in [-0.2, 0) is 0 Å². The summed E-state index contributed by atoms with van der Waals surface area (Å²) >= 11 is 0. The molecule has 0 radical (unpaired) electrons.